The number of benzene rings is 2. The molecule has 0 amide bonds. The number of hydrogen-bond acceptors (Lipinski definition) is 2. The molecular weight excluding hydrogens is 320 g/mol. The maximum atomic E-state index is 11.7. The summed E-state index contributed by atoms with van der Waals surface area (Å²) in [6.45, 7) is 4.31. The third-order valence-electron chi connectivity index (χ3n) is 4.53. The van der Waals surface area contributed by atoms with Crippen LogP contribution in [0.2, 0.25) is 0 Å². The SMILES string of the molecule is CCCCCc1ccc2c(CCCCC)c(S(=O)(=O)O)ccc2c1. The first-order valence-electron chi connectivity index (χ1n) is 8.99. The van der Waals surface area contributed by atoms with Gasteiger partial charge in [0.1, 0.15) is 0 Å². The Labute approximate surface area is 145 Å². The van der Waals surface area contributed by atoms with Crippen LogP contribution in [-0.2, 0) is 23.0 Å². The van der Waals surface area contributed by atoms with Gasteiger partial charge in [-0.1, -0.05) is 63.8 Å². The van der Waals surface area contributed by atoms with Gasteiger partial charge in [0, 0.05) is 0 Å². The molecule has 0 heterocycles. The third-order valence-corrected chi connectivity index (χ3v) is 5.47. The summed E-state index contributed by atoms with van der Waals surface area (Å²) in [6, 6.07) is 9.63. The summed E-state index contributed by atoms with van der Waals surface area (Å²) in [4.78, 5) is 0.0600. The Balaban J connectivity index is 2.42. The van der Waals surface area contributed by atoms with E-state index in [0.717, 1.165) is 42.0 Å². The lowest BCUT2D eigenvalue weighted by Gasteiger charge is -2.12. The molecule has 0 aliphatic heterocycles. The van der Waals surface area contributed by atoms with Gasteiger partial charge in [0.15, 0.2) is 0 Å². The normalized spacial score (nSPS) is 12.0. The lowest BCUT2D eigenvalue weighted by atomic mass is 9.96. The zero-order valence-corrected chi connectivity index (χ0v) is 15.5. The molecule has 0 unspecified atom stereocenters. The molecule has 2 aromatic rings. The number of aryl methyl sites for hydroxylation is 2. The minimum atomic E-state index is -4.19. The fourth-order valence-corrected chi connectivity index (χ4v) is 3.97. The second kappa shape index (κ2) is 8.63. The third kappa shape index (κ3) is 4.81. The molecule has 2 aromatic carbocycles. The molecule has 0 aliphatic rings. The summed E-state index contributed by atoms with van der Waals surface area (Å²) in [6.07, 6.45) is 8.38. The van der Waals surface area contributed by atoms with Crippen molar-refractivity contribution in [3.05, 3.63) is 41.5 Å². The van der Waals surface area contributed by atoms with Crippen LogP contribution in [0.1, 0.15) is 63.5 Å². The topological polar surface area (TPSA) is 54.4 Å². The lowest BCUT2D eigenvalue weighted by molar-refractivity contribution is 0.482. The molecule has 0 atom stereocenters. The highest BCUT2D eigenvalue weighted by atomic mass is 32.2. The Morgan fingerprint density at radius 2 is 1.54 bits per heavy atom. The molecule has 24 heavy (non-hydrogen) atoms. The van der Waals surface area contributed by atoms with Gasteiger partial charge in [-0.25, -0.2) is 0 Å². The van der Waals surface area contributed by atoms with Gasteiger partial charge in [0.25, 0.3) is 10.1 Å². The predicted molar refractivity (Wildman–Crippen MR) is 100 cm³/mol. The molecular formula is C20H28O3S. The van der Waals surface area contributed by atoms with Crippen molar-refractivity contribution in [3.8, 4) is 0 Å². The van der Waals surface area contributed by atoms with Crippen molar-refractivity contribution >= 4 is 20.9 Å². The van der Waals surface area contributed by atoms with Crippen molar-refractivity contribution in [1.29, 1.82) is 0 Å². The fourth-order valence-electron chi connectivity index (χ4n) is 3.21. The van der Waals surface area contributed by atoms with E-state index in [1.807, 2.05) is 12.1 Å². The summed E-state index contributed by atoms with van der Waals surface area (Å²) < 4.78 is 33.0. The van der Waals surface area contributed by atoms with E-state index < -0.39 is 10.1 Å². The number of hydrogen-bond donors (Lipinski definition) is 1. The summed E-state index contributed by atoms with van der Waals surface area (Å²) >= 11 is 0. The molecule has 0 saturated carbocycles. The maximum absolute atomic E-state index is 11.7. The second-order valence-electron chi connectivity index (χ2n) is 6.49. The number of fused-ring (bicyclic) bond motifs is 1. The van der Waals surface area contributed by atoms with E-state index in [2.05, 4.69) is 26.0 Å². The van der Waals surface area contributed by atoms with Crippen LogP contribution in [0, 0.1) is 0 Å². The number of rotatable bonds is 9. The zero-order chi connectivity index (χ0) is 17.6. The van der Waals surface area contributed by atoms with Gasteiger partial charge >= 0.3 is 0 Å². The second-order valence-corrected chi connectivity index (χ2v) is 7.88. The van der Waals surface area contributed by atoms with E-state index in [9.17, 15) is 13.0 Å². The highest BCUT2D eigenvalue weighted by Gasteiger charge is 2.17. The Morgan fingerprint density at radius 1 is 0.875 bits per heavy atom. The first-order chi connectivity index (χ1) is 11.5. The monoisotopic (exact) mass is 348 g/mol. The van der Waals surface area contributed by atoms with E-state index in [1.165, 1.54) is 24.8 Å². The van der Waals surface area contributed by atoms with E-state index in [4.69, 9.17) is 0 Å². The molecule has 0 spiro atoms. The highest BCUT2D eigenvalue weighted by molar-refractivity contribution is 7.85. The summed E-state index contributed by atoms with van der Waals surface area (Å²) in [5.41, 5.74) is 2.04. The Kier molecular flexibility index (Phi) is 6.81. The summed E-state index contributed by atoms with van der Waals surface area (Å²) in [5, 5.41) is 2.00. The fraction of sp³-hybridized carbons (Fsp3) is 0.500. The summed E-state index contributed by atoms with van der Waals surface area (Å²) in [5.74, 6) is 0. The summed E-state index contributed by atoms with van der Waals surface area (Å²) in [7, 11) is -4.19. The van der Waals surface area contributed by atoms with E-state index >= 15 is 0 Å². The smallest absolute Gasteiger partial charge is 0.282 e. The quantitative estimate of drug-likeness (QED) is 0.477. The van der Waals surface area contributed by atoms with Crippen molar-refractivity contribution in [2.75, 3.05) is 0 Å². The van der Waals surface area contributed by atoms with Crippen LogP contribution >= 0.6 is 0 Å². The first-order valence-corrected chi connectivity index (χ1v) is 10.4. The molecule has 0 fully saturated rings. The van der Waals surface area contributed by atoms with Crippen molar-refractivity contribution in [1.82, 2.24) is 0 Å². The van der Waals surface area contributed by atoms with Gasteiger partial charge in [0.2, 0.25) is 0 Å². The van der Waals surface area contributed by atoms with Crippen LogP contribution in [0.15, 0.2) is 35.2 Å². The molecule has 3 nitrogen and oxygen atoms in total. The first kappa shape index (κ1) is 18.9. The van der Waals surface area contributed by atoms with E-state index in [-0.39, 0.29) is 4.90 Å². The molecule has 132 valence electrons. The van der Waals surface area contributed by atoms with Crippen LogP contribution in [0.5, 0.6) is 0 Å². The average molecular weight is 349 g/mol. The Hall–Kier alpha value is -1.39. The van der Waals surface area contributed by atoms with Crippen LogP contribution in [0.4, 0.5) is 0 Å². The molecule has 0 aromatic heterocycles. The van der Waals surface area contributed by atoms with Crippen molar-refractivity contribution in [2.24, 2.45) is 0 Å². The number of unbranched alkanes of at least 4 members (excludes halogenated alkanes) is 4. The van der Waals surface area contributed by atoms with Crippen LogP contribution < -0.4 is 0 Å². The Morgan fingerprint density at radius 3 is 2.17 bits per heavy atom. The maximum Gasteiger partial charge on any atom is 0.294 e. The highest BCUT2D eigenvalue weighted by Crippen LogP contribution is 2.28. The molecule has 0 saturated heterocycles. The van der Waals surface area contributed by atoms with Gasteiger partial charge in [-0.3, -0.25) is 4.55 Å². The molecule has 0 bridgehead atoms. The van der Waals surface area contributed by atoms with Crippen LogP contribution in [-0.4, -0.2) is 13.0 Å². The van der Waals surface area contributed by atoms with E-state index in [1.54, 1.807) is 6.07 Å². The van der Waals surface area contributed by atoms with E-state index in [0.29, 0.717) is 6.42 Å². The van der Waals surface area contributed by atoms with Gasteiger partial charge in [-0.15, -0.1) is 0 Å². The van der Waals surface area contributed by atoms with Gasteiger partial charge in [-0.05, 0) is 53.6 Å². The van der Waals surface area contributed by atoms with Gasteiger partial charge in [0.05, 0.1) is 4.90 Å². The van der Waals surface area contributed by atoms with Crippen molar-refractivity contribution in [2.45, 2.75) is 70.1 Å². The van der Waals surface area contributed by atoms with Crippen molar-refractivity contribution < 1.29 is 13.0 Å². The zero-order valence-electron chi connectivity index (χ0n) is 14.7. The Bertz CT molecular complexity index is 779. The van der Waals surface area contributed by atoms with Crippen molar-refractivity contribution in [3.63, 3.8) is 0 Å². The van der Waals surface area contributed by atoms with Gasteiger partial charge in [-0.2, -0.15) is 8.42 Å². The predicted octanol–water partition coefficient (Wildman–Crippen LogP) is 5.55. The minimum Gasteiger partial charge on any atom is -0.282 e. The van der Waals surface area contributed by atoms with Gasteiger partial charge < -0.3 is 0 Å². The molecule has 4 heteroatoms. The largest absolute Gasteiger partial charge is 0.294 e. The molecule has 1 N–H and O–H groups in total. The minimum absolute atomic E-state index is 0.0600. The van der Waals surface area contributed by atoms with Crippen LogP contribution in [0.25, 0.3) is 10.8 Å². The average Bonchev–Trinajstić information content (AvgIpc) is 2.54. The molecule has 0 radical (unpaired) electrons. The lowest BCUT2D eigenvalue weighted by Crippen LogP contribution is -2.04. The molecule has 0 aliphatic carbocycles. The molecule has 2 rings (SSSR count). The van der Waals surface area contributed by atoms with Crippen LogP contribution in [0.3, 0.4) is 0 Å². The standard InChI is InChI=1S/C20H28O3S/c1-3-5-7-9-16-11-13-18-17(15-16)12-14-20(24(21,22)23)19(18)10-8-6-4-2/h11-15H,3-10H2,1-2H3,(H,21,22,23).